The molecule has 0 saturated heterocycles. The number of nitrogens with two attached hydrogens (primary N) is 1. The van der Waals surface area contributed by atoms with E-state index >= 15 is 0 Å². The van der Waals surface area contributed by atoms with E-state index in [0.29, 0.717) is 24.3 Å². The van der Waals surface area contributed by atoms with Crippen LogP contribution >= 0.6 is 0 Å². The monoisotopic (exact) mass is 382 g/mol. The van der Waals surface area contributed by atoms with Gasteiger partial charge in [-0.1, -0.05) is 43.3 Å². The number of nitrogens with one attached hydrogen (secondary N) is 2. The largest absolute Gasteiger partial charge is 0.370 e. The molecule has 0 atom stereocenters. The molecular weight excluding hydrogens is 356 g/mol. The van der Waals surface area contributed by atoms with Gasteiger partial charge in [0.1, 0.15) is 0 Å². The van der Waals surface area contributed by atoms with E-state index < -0.39 is 5.91 Å². The van der Waals surface area contributed by atoms with Crippen molar-refractivity contribution in [3.05, 3.63) is 65.7 Å². The molecular formula is C21H26N4O3. The van der Waals surface area contributed by atoms with Crippen LogP contribution in [-0.2, 0) is 11.3 Å². The van der Waals surface area contributed by atoms with Crippen molar-refractivity contribution >= 4 is 23.5 Å². The number of amides is 4. The summed E-state index contributed by atoms with van der Waals surface area (Å²) in [7, 11) is 0. The number of urea groups is 1. The molecule has 0 aliphatic heterocycles. The van der Waals surface area contributed by atoms with Gasteiger partial charge in [0.2, 0.25) is 5.91 Å². The summed E-state index contributed by atoms with van der Waals surface area (Å²) in [5, 5.41) is 5.47. The summed E-state index contributed by atoms with van der Waals surface area (Å²) in [6, 6.07) is 16.2. The third-order valence-corrected chi connectivity index (χ3v) is 4.03. The van der Waals surface area contributed by atoms with Crippen molar-refractivity contribution in [2.24, 2.45) is 5.73 Å². The molecule has 0 fully saturated rings. The summed E-state index contributed by atoms with van der Waals surface area (Å²) in [6.45, 7) is 3.32. The molecule has 0 aliphatic rings. The topological polar surface area (TPSA) is 105 Å². The van der Waals surface area contributed by atoms with Gasteiger partial charge in [0, 0.05) is 37.3 Å². The van der Waals surface area contributed by atoms with Gasteiger partial charge in [-0.15, -0.1) is 0 Å². The number of benzene rings is 2. The van der Waals surface area contributed by atoms with Gasteiger partial charge in [-0.3, -0.25) is 9.59 Å². The van der Waals surface area contributed by atoms with E-state index in [1.54, 1.807) is 29.2 Å². The summed E-state index contributed by atoms with van der Waals surface area (Å²) < 4.78 is 0. The second-order valence-electron chi connectivity index (χ2n) is 6.39. The lowest BCUT2D eigenvalue weighted by Crippen LogP contribution is -2.35. The molecule has 2 aromatic rings. The van der Waals surface area contributed by atoms with Crippen molar-refractivity contribution < 1.29 is 14.4 Å². The van der Waals surface area contributed by atoms with Crippen LogP contribution in [-0.4, -0.2) is 35.8 Å². The highest BCUT2D eigenvalue weighted by Gasteiger charge is 2.14. The summed E-state index contributed by atoms with van der Waals surface area (Å²) in [5.74, 6) is -0.803. The first-order valence-electron chi connectivity index (χ1n) is 9.26. The van der Waals surface area contributed by atoms with Gasteiger partial charge in [0.05, 0.1) is 0 Å². The van der Waals surface area contributed by atoms with Gasteiger partial charge in [0.15, 0.2) is 0 Å². The van der Waals surface area contributed by atoms with E-state index in [4.69, 9.17) is 5.73 Å². The van der Waals surface area contributed by atoms with Crippen molar-refractivity contribution in [1.29, 1.82) is 0 Å². The average Bonchev–Trinajstić information content (AvgIpc) is 2.68. The molecule has 0 bridgehead atoms. The smallest absolute Gasteiger partial charge is 0.322 e. The van der Waals surface area contributed by atoms with Crippen LogP contribution in [0.2, 0.25) is 0 Å². The maximum Gasteiger partial charge on any atom is 0.322 e. The minimum atomic E-state index is -0.476. The Kier molecular flexibility index (Phi) is 8.02. The Labute approximate surface area is 164 Å². The third kappa shape index (κ3) is 6.75. The molecule has 0 saturated carbocycles. The Bertz CT molecular complexity index is 808. The first-order valence-corrected chi connectivity index (χ1v) is 9.26. The summed E-state index contributed by atoms with van der Waals surface area (Å²) >= 11 is 0. The fraction of sp³-hybridized carbons (Fsp3) is 0.286. The van der Waals surface area contributed by atoms with Crippen molar-refractivity contribution in [2.45, 2.75) is 26.3 Å². The van der Waals surface area contributed by atoms with Gasteiger partial charge in [-0.05, 0) is 30.2 Å². The van der Waals surface area contributed by atoms with Gasteiger partial charge < -0.3 is 21.3 Å². The van der Waals surface area contributed by atoms with Crippen LogP contribution in [0.5, 0.6) is 0 Å². The molecule has 2 rings (SSSR count). The lowest BCUT2D eigenvalue weighted by atomic mass is 10.2. The van der Waals surface area contributed by atoms with E-state index in [1.807, 2.05) is 37.3 Å². The normalized spacial score (nSPS) is 10.2. The first-order chi connectivity index (χ1) is 13.5. The SMILES string of the molecule is CCCN(Cc1ccccc1)C(=O)Nc1cccc(C(=O)NCCC(N)=O)c1. The summed E-state index contributed by atoms with van der Waals surface area (Å²) in [4.78, 5) is 37.3. The zero-order chi connectivity index (χ0) is 20.4. The maximum absolute atomic E-state index is 12.7. The molecule has 4 N–H and O–H groups in total. The van der Waals surface area contributed by atoms with Gasteiger partial charge in [-0.2, -0.15) is 0 Å². The number of hydrogen-bond donors (Lipinski definition) is 3. The molecule has 0 aliphatic carbocycles. The molecule has 148 valence electrons. The molecule has 7 nitrogen and oxygen atoms in total. The Morgan fingerprint density at radius 2 is 1.79 bits per heavy atom. The van der Waals surface area contributed by atoms with Crippen LogP contribution in [0.15, 0.2) is 54.6 Å². The van der Waals surface area contributed by atoms with Crippen molar-refractivity contribution in [1.82, 2.24) is 10.2 Å². The second-order valence-corrected chi connectivity index (χ2v) is 6.39. The van der Waals surface area contributed by atoms with Crippen LogP contribution in [0, 0.1) is 0 Å². The number of anilines is 1. The molecule has 7 heteroatoms. The Balaban J connectivity index is 2.01. The van der Waals surface area contributed by atoms with Crippen LogP contribution in [0.1, 0.15) is 35.7 Å². The van der Waals surface area contributed by atoms with Crippen molar-refractivity contribution in [3.8, 4) is 0 Å². The van der Waals surface area contributed by atoms with E-state index in [2.05, 4.69) is 10.6 Å². The van der Waals surface area contributed by atoms with Gasteiger partial charge in [-0.25, -0.2) is 4.79 Å². The number of carbonyl (C=O) groups is 3. The Morgan fingerprint density at radius 3 is 2.46 bits per heavy atom. The minimum Gasteiger partial charge on any atom is -0.370 e. The molecule has 0 spiro atoms. The lowest BCUT2D eigenvalue weighted by Gasteiger charge is -2.23. The lowest BCUT2D eigenvalue weighted by molar-refractivity contribution is -0.117. The van der Waals surface area contributed by atoms with E-state index in [0.717, 1.165) is 12.0 Å². The predicted molar refractivity (Wildman–Crippen MR) is 109 cm³/mol. The minimum absolute atomic E-state index is 0.0770. The first kappa shape index (κ1) is 21.0. The van der Waals surface area contributed by atoms with Crippen LogP contribution in [0.4, 0.5) is 10.5 Å². The van der Waals surface area contributed by atoms with Crippen LogP contribution in [0.3, 0.4) is 0 Å². The van der Waals surface area contributed by atoms with Crippen LogP contribution < -0.4 is 16.4 Å². The summed E-state index contributed by atoms with van der Waals surface area (Å²) in [6.07, 6.45) is 0.913. The van der Waals surface area contributed by atoms with Gasteiger partial charge >= 0.3 is 6.03 Å². The highest BCUT2D eigenvalue weighted by atomic mass is 16.2. The molecule has 0 radical (unpaired) electrons. The maximum atomic E-state index is 12.7. The fourth-order valence-electron chi connectivity index (χ4n) is 2.67. The van der Waals surface area contributed by atoms with Crippen molar-refractivity contribution in [2.75, 3.05) is 18.4 Å². The number of rotatable bonds is 9. The number of hydrogen-bond acceptors (Lipinski definition) is 3. The van der Waals surface area contributed by atoms with Gasteiger partial charge in [0.25, 0.3) is 5.91 Å². The quantitative estimate of drug-likeness (QED) is 0.621. The Morgan fingerprint density at radius 1 is 1.04 bits per heavy atom. The standard InChI is InChI=1S/C21H26N4O3/c1-2-13-25(15-16-7-4-3-5-8-16)21(28)24-18-10-6-9-17(14-18)20(27)23-12-11-19(22)26/h3-10,14H,2,11-13,15H2,1H3,(H2,22,26)(H,23,27)(H,24,28). The molecule has 0 aromatic heterocycles. The number of carbonyl (C=O) groups excluding carboxylic acids is 3. The fourth-order valence-corrected chi connectivity index (χ4v) is 2.67. The highest BCUT2D eigenvalue weighted by molar-refractivity contribution is 5.97. The average molecular weight is 382 g/mol. The molecule has 28 heavy (non-hydrogen) atoms. The third-order valence-electron chi connectivity index (χ3n) is 4.03. The highest BCUT2D eigenvalue weighted by Crippen LogP contribution is 2.13. The van der Waals surface area contributed by atoms with E-state index in [-0.39, 0.29) is 24.9 Å². The second kappa shape index (κ2) is 10.7. The molecule has 2 aromatic carbocycles. The zero-order valence-electron chi connectivity index (χ0n) is 16.0. The predicted octanol–water partition coefficient (Wildman–Crippen LogP) is 2.74. The zero-order valence-corrected chi connectivity index (χ0v) is 16.0. The molecule has 0 unspecified atom stereocenters. The van der Waals surface area contributed by atoms with E-state index in [9.17, 15) is 14.4 Å². The van der Waals surface area contributed by atoms with Crippen molar-refractivity contribution in [3.63, 3.8) is 0 Å². The number of nitrogens with zero attached hydrogens (tertiary/aromatic N) is 1. The Hall–Kier alpha value is -3.35. The molecule has 0 heterocycles. The number of primary amides is 1. The van der Waals surface area contributed by atoms with Crippen LogP contribution in [0.25, 0.3) is 0 Å². The molecule has 4 amide bonds. The van der Waals surface area contributed by atoms with E-state index in [1.165, 1.54) is 0 Å². The summed E-state index contributed by atoms with van der Waals surface area (Å²) in [5.41, 5.74) is 7.04.